The molecule has 1 fully saturated rings. The van der Waals surface area contributed by atoms with Gasteiger partial charge in [0.05, 0.1) is 6.20 Å². The molecule has 0 spiro atoms. The summed E-state index contributed by atoms with van der Waals surface area (Å²) in [6, 6.07) is 13.0. The zero-order valence-corrected chi connectivity index (χ0v) is 16.7. The van der Waals surface area contributed by atoms with Crippen LogP contribution in [0.3, 0.4) is 0 Å². The van der Waals surface area contributed by atoms with Crippen molar-refractivity contribution < 1.29 is 9.21 Å². The number of carbonyl (C=O) groups is 1. The maximum atomic E-state index is 12.8. The molecule has 3 heterocycles. The second-order valence-corrected chi connectivity index (χ2v) is 7.32. The van der Waals surface area contributed by atoms with E-state index in [0.29, 0.717) is 17.2 Å². The SMILES string of the molecule is CC(NC(=O)c1ccnc(N2CCN(C)CC2)c1)c1ncc(-c2ccccc2)o1. The lowest BCUT2D eigenvalue weighted by atomic mass is 10.2. The number of carbonyl (C=O) groups excluding carboxylic acids is 1. The summed E-state index contributed by atoms with van der Waals surface area (Å²) in [4.78, 5) is 26.0. The van der Waals surface area contributed by atoms with Gasteiger partial charge in [-0.2, -0.15) is 0 Å². The summed E-state index contributed by atoms with van der Waals surface area (Å²) < 4.78 is 5.85. The van der Waals surface area contributed by atoms with Gasteiger partial charge in [-0.1, -0.05) is 30.3 Å². The van der Waals surface area contributed by atoms with Crippen molar-refractivity contribution in [3.05, 3.63) is 66.3 Å². The van der Waals surface area contributed by atoms with Crippen LogP contribution in [0.5, 0.6) is 0 Å². The molecule has 0 saturated carbocycles. The van der Waals surface area contributed by atoms with E-state index in [9.17, 15) is 4.79 Å². The molecule has 3 aromatic rings. The topological polar surface area (TPSA) is 74.5 Å². The molecule has 0 aliphatic carbocycles. The second kappa shape index (κ2) is 8.45. The fraction of sp³-hybridized carbons (Fsp3) is 0.318. The molecular weight excluding hydrogens is 366 g/mol. The van der Waals surface area contributed by atoms with Crippen molar-refractivity contribution in [2.24, 2.45) is 0 Å². The summed E-state index contributed by atoms with van der Waals surface area (Å²) in [6.07, 6.45) is 3.37. The fourth-order valence-corrected chi connectivity index (χ4v) is 3.33. The van der Waals surface area contributed by atoms with Crippen LogP contribution in [0.2, 0.25) is 0 Å². The molecule has 1 N–H and O–H groups in total. The number of anilines is 1. The molecule has 1 atom stereocenters. The summed E-state index contributed by atoms with van der Waals surface area (Å²) in [6.45, 7) is 5.65. The van der Waals surface area contributed by atoms with Crippen molar-refractivity contribution in [3.63, 3.8) is 0 Å². The first-order chi connectivity index (χ1) is 14.1. The molecule has 0 radical (unpaired) electrons. The Morgan fingerprint density at radius 2 is 1.86 bits per heavy atom. The summed E-state index contributed by atoms with van der Waals surface area (Å²) in [5, 5.41) is 2.96. The van der Waals surface area contributed by atoms with Gasteiger partial charge in [0.25, 0.3) is 5.91 Å². The fourth-order valence-electron chi connectivity index (χ4n) is 3.33. The van der Waals surface area contributed by atoms with Crippen LogP contribution in [0.1, 0.15) is 29.2 Å². The van der Waals surface area contributed by atoms with Crippen molar-refractivity contribution in [2.75, 3.05) is 38.1 Å². The Labute approximate surface area is 170 Å². The standard InChI is InChI=1S/C22H25N5O2/c1-16(22-24-15-19(29-22)17-6-4-3-5-7-17)25-21(28)18-8-9-23-20(14-18)27-12-10-26(2)11-13-27/h3-9,14-16H,10-13H2,1-2H3,(H,25,28). The van der Waals surface area contributed by atoms with Gasteiger partial charge >= 0.3 is 0 Å². The third-order valence-corrected chi connectivity index (χ3v) is 5.13. The number of hydrogen-bond acceptors (Lipinski definition) is 6. The molecule has 1 aliphatic heterocycles. The molecule has 1 aliphatic rings. The van der Waals surface area contributed by atoms with E-state index in [1.54, 1.807) is 18.5 Å². The molecular formula is C22H25N5O2. The maximum Gasteiger partial charge on any atom is 0.252 e. The van der Waals surface area contributed by atoms with Crippen LogP contribution in [0.4, 0.5) is 5.82 Å². The van der Waals surface area contributed by atoms with Crippen LogP contribution in [0.15, 0.2) is 59.3 Å². The first-order valence-corrected chi connectivity index (χ1v) is 9.82. The molecule has 4 rings (SSSR count). The van der Waals surface area contributed by atoms with E-state index in [1.165, 1.54) is 0 Å². The number of hydrogen-bond donors (Lipinski definition) is 1. The Bertz CT molecular complexity index is 964. The van der Waals surface area contributed by atoms with Crippen molar-refractivity contribution in [3.8, 4) is 11.3 Å². The first kappa shape index (κ1) is 19.1. The smallest absolute Gasteiger partial charge is 0.252 e. The van der Waals surface area contributed by atoms with Gasteiger partial charge in [0, 0.05) is 43.5 Å². The van der Waals surface area contributed by atoms with Gasteiger partial charge in [-0.3, -0.25) is 4.79 Å². The Balaban J connectivity index is 1.43. The van der Waals surface area contributed by atoms with E-state index < -0.39 is 0 Å². The highest BCUT2D eigenvalue weighted by atomic mass is 16.4. The molecule has 0 bridgehead atoms. The normalized spacial score (nSPS) is 15.9. The molecule has 1 unspecified atom stereocenters. The van der Waals surface area contributed by atoms with Crippen molar-refractivity contribution in [1.82, 2.24) is 20.2 Å². The van der Waals surface area contributed by atoms with Gasteiger partial charge in [-0.25, -0.2) is 9.97 Å². The highest BCUT2D eigenvalue weighted by Crippen LogP contribution is 2.23. The van der Waals surface area contributed by atoms with Gasteiger partial charge < -0.3 is 19.5 Å². The van der Waals surface area contributed by atoms with E-state index in [4.69, 9.17) is 4.42 Å². The van der Waals surface area contributed by atoms with Crippen molar-refractivity contribution >= 4 is 11.7 Å². The second-order valence-electron chi connectivity index (χ2n) is 7.32. The average Bonchev–Trinajstić information content (AvgIpc) is 3.25. The van der Waals surface area contributed by atoms with Crippen LogP contribution >= 0.6 is 0 Å². The molecule has 1 amide bonds. The Hall–Kier alpha value is -3.19. The van der Waals surface area contributed by atoms with Crippen LogP contribution in [0.25, 0.3) is 11.3 Å². The monoisotopic (exact) mass is 391 g/mol. The van der Waals surface area contributed by atoms with Gasteiger partial charge in [0.15, 0.2) is 5.76 Å². The highest BCUT2D eigenvalue weighted by molar-refractivity contribution is 5.95. The minimum atomic E-state index is -0.347. The number of likely N-dealkylation sites (N-methyl/N-ethyl adjacent to an activating group) is 1. The largest absolute Gasteiger partial charge is 0.438 e. The Morgan fingerprint density at radius 3 is 2.62 bits per heavy atom. The number of oxazole rings is 1. The lowest BCUT2D eigenvalue weighted by molar-refractivity contribution is 0.0934. The van der Waals surface area contributed by atoms with Crippen LogP contribution < -0.4 is 10.2 Å². The average molecular weight is 391 g/mol. The molecule has 7 heteroatoms. The molecule has 1 saturated heterocycles. The zero-order valence-electron chi connectivity index (χ0n) is 16.7. The number of nitrogens with zero attached hydrogens (tertiary/aromatic N) is 4. The highest BCUT2D eigenvalue weighted by Gasteiger charge is 2.19. The first-order valence-electron chi connectivity index (χ1n) is 9.82. The summed E-state index contributed by atoms with van der Waals surface area (Å²) in [5.74, 6) is 1.82. The Kier molecular flexibility index (Phi) is 5.57. The van der Waals surface area contributed by atoms with Crippen molar-refractivity contribution in [1.29, 1.82) is 0 Å². The van der Waals surface area contributed by atoms with E-state index >= 15 is 0 Å². The predicted molar refractivity (Wildman–Crippen MR) is 112 cm³/mol. The quantitative estimate of drug-likeness (QED) is 0.721. The number of nitrogens with one attached hydrogen (secondary N) is 1. The van der Waals surface area contributed by atoms with Crippen molar-refractivity contribution in [2.45, 2.75) is 13.0 Å². The van der Waals surface area contributed by atoms with Gasteiger partial charge in [0.1, 0.15) is 11.9 Å². The molecule has 1 aromatic carbocycles. The summed E-state index contributed by atoms with van der Waals surface area (Å²) >= 11 is 0. The molecule has 150 valence electrons. The number of amides is 1. The summed E-state index contributed by atoms with van der Waals surface area (Å²) in [7, 11) is 2.11. The molecule has 7 nitrogen and oxygen atoms in total. The predicted octanol–water partition coefficient (Wildman–Crippen LogP) is 2.98. The van der Waals surface area contributed by atoms with E-state index in [2.05, 4.69) is 32.1 Å². The lowest BCUT2D eigenvalue weighted by Gasteiger charge is -2.33. The maximum absolute atomic E-state index is 12.8. The summed E-state index contributed by atoms with van der Waals surface area (Å²) in [5.41, 5.74) is 1.53. The lowest BCUT2D eigenvalue weighted by Crippen LogP contribution is -2.44. The minimum Gasteiger partial charge on any atom is -0.438 e. The van der Waals surface area contributed by atoms with Gasteiger partial charge in [0.2, 0.25) is 5.89 Å². The zero-order chi connectivity index (χ0) is 20.2. The molecule has 29 heavy (non-hydrogen) atoms. The van der Waals surface area contributed by atoms with E-state index in [0.717, 1.165) is 37.6 Å². The number of pyridine rings is 1. The number of benzene rings is 1. The number of rotatable bonds is 5. The van der Waals surface area contributed by atoms with Gasteiger partial charge in [-0.05, 0) is 26.1 Å². The van der Waals surface area contributed by atoms with Crippen LogP contribution in [-0.2, 0) is 0 Å². The third-order valence-electron chi connectivity index (χ3n) is 5.13. The molecule has 2 aromatic heterocycles. The van der Waals surface area contributed by atoms with Crippen LogP contribution in [-0.4, -0.2) is 54.0 Å². The number of aromatic nitrogens is 2. The minimum absolute atomic E-state index is 0.172. The van der Waals surface area contributed by atoms with E-state index in [1.807, 2.05) is 43.3 Å². The Morgan fingerprint density at radius 1 is 1.10 bits per heavy atom. The third kappa shape index (κ3) is 4.46. The number of piperazine rings is 1. The van der Waals surface area contributed by atoms with Crippen LogP contribution in [0, 0.1) is 0 Å². The van der Waals surface area contributed by atoms with Gasteiger partial charge in [-0.15, -0.1) is 0 Å². The van der Waals surface area contributed by atoms with E-state index in [-0.39, 0.29) is 11.9 Å².